The molecular formula is C51H45N3. The van der Waals surface area contributed by atoms with Crippen molar-refractivity contribution in [3.8, 4) is 67.5 Å². The molecule has 0 fully saturated rings. The fraction of sp³-hybridized carbons (Fsp3) is 0.118. The van der Waals surface area contributed by atoms with Crippen molar-refractivity contribution in [2.24, 2.45) is 0 Å². The van der Waals surface area contributed by atoms with E-state index in [1.54, 1.807) is 0 Å². The molecule has 0 amide bonds. The maximum Gasteiger partial charge on any atom is 0.164 e. The molecule has 0 aliphatic carbocycles. The van der Waals surface area contributed by atoms with Crippen molar-refractivity contribution >= 4 is 0 Å². The molecule has 0 N–H and O–H groups in total. The summed E-state index contributed by atoms with van der Waals surface area (Å²) >= 11 is 0. The Bertz CT molecular complexity index is 2090. The molecule has 0 bridgehead atoms. The van der Waals surface area contributed by atoms with Gasteiger partial charge in [-0.3, -0.25) is 0 Å². The molecule has 0 saturated heterocycles. The summed E-state index contributed by atoms with van der Waals surface area (Å²) < 4.78 is 0. The van der Waals surface area contributed by atoms with Crippen molar-refractivity contribution in [3.05, 3.63) is 197 Å². The molecule has 0 aliphatic rings. The molecule has 8 aromatic rings. The zero-order valence-corrected chi connectivity index (χ0v) is 31.9. The molecule has 0 atom stereocenters. The molecule has 3 heteroatoms. The van der Waals surface area contributed by atoms with Gasteiger partial charge in [-0.15, -0.1) is 0 Å². The van der Waals surface area contributed by atoms with Crippen molar-refractivity contribution in [2.45, 2.75) is 41.5 Å². The SMILES string of the molecule is Cc1ccccc1-c1cc(-c2ccccc2C)cc(-c2ccccc2C)c1.Cc1ccccc1-c1nc(-c2ccccc2C)nc(-c2ccccc2C)n1. The van der Waals surface area contributed by atoms with Gasteiger partial charge in [0.25, 0.3) is 0 Å². The highest BCUT2D eigenvalue weighted by molar-refractivity contribution is 5.83. The number of nitrogens with zero attached hydrogens (tertiary/aromatic N) is 3. The zero-order chi connectivity index (χ0) is 37.6. The first-order valence-corrected chi connectivity index (χ1v) is 18.5. The number of aryl methyl sites for hydroxylation is 6. The van der Waals surface area contributed by atoms with Gasteiger partial charge in [-0.25, -0.2) is 15.0 Å². The lowest BCUT2D eigenvalue weighted by Crippen LogP contribution is -2.02. The van der Waals surface area contributed by atoms with E-state index >= 15 is 0 Å². The van der Waals surface area contributed by atoms with Crippen LogP contribution in [0.5, 0.6) is 0 Å². The quantitative estimate of drug-likeness (QED) is 0.173. The van der Waals surface area contributed by atoms with Crippen LogP contribution in [0.1, 0.15) is 33.4 Å². The molecule has 54 heavy (non-hydrogen) atoms. The Hall–Kier alpha value is -6.45. The van der Waals surface area contributed by atoms with Crippen molar-refractivity contribution < 1.29 is 0 Å². The third-order valence-corrected chi connectivity index (χ3v) is 10.1. The van der Waals surface area contributed by atoms with Gasteiger partial charge in [0, 0.05) is 16.7 Å². The first kappa shape index (κ1) is 35.9. The standard InChI is InChI=1S/C27H24.C24H21N3/c1-19-10-4-7-13-25(19)22-16-23(26-14-8-5-11-20(26)2)18-24(17-22)27-15-9-6-12-21(27)3;1-16-10-4-7-13-19(16)22-25-23(20-14-8-5-11-17(20)2)27-24(26-22)21-15-9-6-12-18(21)3/h4-18H,1-3H3;4-15H,1-3H3. The van der Waals surface area contributed by atoms with Gasteiger partial charge in [0.05, 0.1) is 0 Å². The second kappa shape index (κ2) is 16.1. The Morgan fingerprint density at radius 2 is 0.426 bits per heavy atom. The van der Waals surface area contributed by atoms with E-state index in [0.717, 1.165) is 33.4 Å². The van der Waals surface area contributed by atoms with Crippen molar-refractivity contribution in [3.63, 3.8) is 0 Å². The van der Waals surface area contributed by atoms with Gasteiger partial charge in [0.1, 0.15) is 0 Å². The number of rotatable bonds is 6. The van der Waals surface area contributed by atoms with Crippen LogP contribution in [0.25, 0.3) is 67.5 Å². The summed E-state index contributed by atoms with van der Waals surface area (Å²) in [7, 11) is 0. The number of hydrogen-bond acceptors (Lipinski definition) is 3. The Labute approximate surface area is 320 Å². The minimum Gasteiger partial charge on any atom is -0.208 e. The van der Waals surface area contributed by atoms with Gasteiger partial charge in [-0.05, 0) is 127 Å². The molecule has 1 aromatic heterocycles. The normalized spacial score (nSPS) is 10.8. The zero-order valence-electron chi connectivity index (χ0n) is 31.9. The highest BCUT2D eigenvalue weighted by Crippen LogP contribution is 2.36. The van der Waals surface area contributed by atoms with E-state index < -0.39 is 0 Å². The number of hydrogen-bond donors (Lipinski definition) is 0. The lowest BCUT2D eigenvalue weighted by molar-refractivity contribution is 1.06. The number of benzene rings is 7. The monoisotopic (exact) mass is 699 g/mol. The first-order valence-electron chi connectivity index (χ1n) is 18.5. The summed E-state index contributed by atoms with van der Waals surface area (Å²) in [6.45, 7) is 12.8. The molecule has 0 spiro atoms. The number of aromatic nitrogens is 3. The van der Waals surface area contributed by atoms with Crippen LogP contribution in [-0.2, 0) is 0 Å². The summed E-state index contributed by atoms with van der Waals surface area (Å²) in [4.78, 5) is 14.5. The van der Waals surface area contributed by atoms with Gasteiger partial charge < -0.3 is 0 Å². The highest BCUT2D eigenvalue weighted by Gasteiger charge is 2.16. The average Bonchev–Trinajstić information content (AvgIpc) is 3.19. The van der Waals surface area contributed by atoms with E-state index in [9.17, 15) is 0 Å². The second-order valence-electron chi connectivity index (χ2n) is 14.0. The Balaban J connectivity index is 0.000000167. The smallest absolute Gasteiger partial charge is 0.164 e. The lowest BCUT2D eigenvalue weighted by Gasteiger charge is -2.15. The first-order chi connectivity index (χ1) is 26.3. The third-order valence-electron chi connectivity index (χ3n) is 10.1. The predicted octanol–water partition coefficient (Wildman–Crippen LogP) is 13.4. The Kier molecular flexibility index (Phi) is 10.7. The predicted molar refractivity (Wildman–Crippen MR) is 227 cm³/mol. The van der Waals surface area contributed by atoms with Crippen LogP contribution >= 0.6 is 0 Å². The molecule has 0 aliphatic heterocycles. The highest BCUT2D eigenvalue weighted by atomic mass is 15.0. The van der Waals surface area contributed by atoms with Gasteiger partial charge in [-0.1, -0.05) is 146 Å². The molecule has 7 aromatic carbocycles. The fourth-order valence-corrected chi connectivity index (χ4v) is 6.99. The Morgan fingerprint density at radius 1 is 0.241 bits per heavy atom. The largest absolute Gasteiger partial charge is 0.208 e. The summed E-state index contributed by atoms with van der Waals surface area (Å²) in [5, 5.41) is 0. The van der Waals surface area contributed by atoms with Crippen LogP contribution in [0.15, 0.2) is 164 Å². The van der Waals surface area contributed by atoms with E-state index in [-0.39, 0.29) is 0 Å². The van der Waals surface area contributed by atoms with Crippen LogP contribution in [-0.4, -0.2) is 15.0 Å². The van der Waals surface area contributed by atoms with Crippen LogP contribution in [0.4, 0.5) is 0 Å². The minimum absolute atomic E-state index is 0.708. The van der Waals surface area contributed by atoms with E-state index in [1.165, 1.54) is 50.1 Å². The van der Waals surface area contributed by atoms with Crippen LogP contribution < -0.4 is 0 Å². The maximum absolute atomic E-state index is 4.83. The molecular weight excluding hydrogens is 655 g/mol. The maximum atomic E-state index is 4.83. The fourth-order valence-electron chi connectivity index (χ4n) is 6.99. The van der Waals surface area contributed by atoms with Crippen molar-refractivity contribution in [2.75, 3.05) is 0 Å². The molecule has 264 valence electrons. The minimum atomic E-state index is 0.708. The van der Waals surface area contributed by atoms with Gasteiger partial charge >= 0.3 is 0 Å². The molecule has 0 saturated carbocycles. The second-order valence-corrected chi connectivity index (χ2v) is 14.0. The van der Waals surface area contributed by atoms with Gasteiger partial charge in [0.15, 0.2) is 17.5 Å². The van der Waals surface area contributed by atoms with Crippen molar-refractivity contribution in [1.29, 1.82) is 0 Å². The molecule has 8 rings (SSSR count). The summed E-state index contributed by atoms with van der Waals surface area (Å²) in [6, 6.07) is 57.5. The summed E-state index contributed by atoms with van der Waals surface area (Å²) in [6.07, 6.45) is 0. The third kappa shape index (κ3) is 7.82. The van der Waals surface area contributed by atoms with Crippen LogP contribution in [0.2, 0.25) is 0 Å². The molecule has 1 heterocycles. The molecule has 0 unspecified atom stereocenters. The van der Waals surface area contributed by atoms with Crippen LogP contribution in [0, 0.1) is 41.5 Å². The summed E-state index contributed by atoms with van der Waals surface area (Å²) in [5.74, 6) is 2.12. The Morgan fingerprint density at radius 3 is 0.630 bits per heavy atom. The lowest BCUT2D eigenvalue weighted by atomic mass is 9.89. The van der Waals surface area contributed by atoms with Crippen molar-refractivity contribution in [1.82, 2.24) is 15.0 Å². The molecule has 0 radical (unpaired) electrons. The topological polar surface area (TPSA) is 38.7 Å². The van der Waals surface area contributed by atoms with Crippen LogP contribution in [0.3, 0.4) is 0 Å². The average molecular weight is 700 g/mol. The van der Waals surface area contributed by atoms with E-state index in [2.05, 4.69) is 169 Å². The summed E-state index contributed by atoms with van der Waals surface area (Å²) in [5.41, 5.74) is 18.1. The van der Waals surface area contributed by atoms with E-state index in [0.29, 0.717) is 17.5 Å². The van der Waals surface area contributed by atoms with E-state index in [4.69, 9.17) is 15.0 Å². The van der Waals surface area contributed by atoms with Gasteiger partial charge in [0.2, 0.25) is 0 Å². The van der Waals surface area contributed by atoms with E-state index in [1.807, 2.05) is 36.4 Å². The molecule has 3 nitrogen and oxygen atoms in total. The van der Waals surface area contributed by atoms with Gasteiger partial charge in [-0.2, -0.15) is 0 Å².